The van der Waals surface area contributed by atoms with Crippen molar-refractivity contribution in [3.05, 3.63) is 93.3 Å². The van der Waals surface area contributed by atoms with E-state index in [9.17, 15) is 4.79 Å². The van der Waals surface area contributed by atoms with Crippen LogP contribution in [0.5, 0.6) is 0 Å². The molecule has 0 aliphatic carbocycles. The molecule has 0 N–H and O–H groups in total. The van der Waals surface area contributed by atoms with Gasteiger partial charge < -0.3 is 9.09 Å². The summed E-state index contributed by atoms with van der Waals surface area (Å²) in [5, 5.41) is 5.78. The molecule has 0 radical (unpaired) electrons. The van der Waals surface area contributed by atoms with Gasteiger partial charge in [0.2, 0.25) is 5.82 Å². The van der Waals surface area contributed by atoms with Gasteiger partial charge in [-0.1, -0.05) is 64.2 Å². The van der Waals surface area contributed by atoms with E-state index in [1.807, 2.05) is 30.3 Å². The Hall–Kier alpha value is -3.26. The summed E-state index contributed by atoms with van der Waals surface area (Å²) in [5.41, 5.74) is 2.23. The van der Waals surface area contributed by atoms with Crippen LogP contribution in [0.1, 0.15) is 21.8 Å². The van der Waals surface area contributed by atoms with Crippen molar-refractivity contribution >= 4 is 51.5 Å². The van der Waals surface area contributed by atoms with E-state index in [1.165, 1.54) is 18.6 Å². The molecule has 5 aromatic rings. The Morgan fingerprint density at radius 2 is 1.91 bits per heavy atom. The van der Waals surface area contributed by atoms with Crippen LogP contribution in [0.25, 0.3) is 22.4 Å². The summed E-state index contributed by atoms with van der Waals surface area (Å²) >= 11 is 19.1. The Morgan fingerprint density at radius 3 is 2.69 bits per heavy atom. The van der Waals surface area contributed by atoms with Crippen molar-refractivity contribution in [2.24, 2.45) is 0 Å². The van der Waals surface area contributed by atoms with E-state index < -0.39 is 5.78 Å². The number of benzene rings is 2. The van der Waals surface area contributed by atoms with Gasteiger partial charge in [0.05, 0.1) is 23.8 Å². The summed E-state index contributed by atoms with van der Waals surface area (Å²) < 4.78 is 7.02. The summed E-state index contributed by atoms with van der Waals surface area (Å²) in [6.45, 7) is 0.345. The summed E-state index contributed by atoms with van der Waals surface area (Å²) in [6, 6.07) is 12.6. The van der Waals surface area contributed by atoms with Crippen LogP contribution in [0, 0.1) is 0 Å². The van der Waals surface area contributed by atoms with Gasteiger partial charge >= 0.3 is 0 Å². The molecule has 158 valence electrons. The number of halogens is 3. The topological polar surface area (TPSA) is 86.7 Å². The Bertz CT molecular complexity index is 1460. The van der Waals surface area contributed by atoms with E-state index in [0.717, 1.165) is 11.1 Å². The first kappa shape index (κ1) is 20.6. The lowest BCUT2D eigenvalue weighted by atomic mass is 10.1. The highest BCUT2D eigenvalue weighted by molar-refractivity contribution is 6.37. The molecule has 10 heteroatoms. The van der Waals surface area contributed by atoms with Crippen molar-refractivity contribution < 1.29 is 9.32 Å². The molecule has 0 saturated carbocycles. The molecule has 0 unspecified atom stereocenters. The number of hydrogen-bond acceptors (Lipinski definition) is 6. The summed E-state index contributed by atoms with van der Waals surface area (Å²) in [6.07, 6.45) is 4.50. The average Bonchev–Trinajstić information content (AvgIpc) is 3.40. The summed E-state index contributed by atoms with van der Waals surface area (Å²) in [5.74, 6) is -0.524. The molecule has 0 fully saturated rings. The number of carbonyl (C=O) groups excluding carboxylic acids is 1. The number of nitrogens with zero attached hydrogens (tertiary/aromatic N) is 5. The second-order valence-electron chi connectivity index (χ2n) is 6.85. The summed E-state index contributed by atoms with van der Waals surface area (Å²) in [4.78, 5) is 25.6. The number of carbonyl (C=O) groups is 1. The van der Waals surface area contributed by atoms with Gasteiger partial charge in [0.15, 0.2) is 0 Å². The molecule has 32 heavy (non-hydrogen) atoms. The predicted molar refractivity (Wildman–Crippen MR) is 121 cm³/mol. The number of hydrogen-bond donors (Lipinski definition) is 0. The van der Waals surface area contributed by atoms with Crippen molar-refractivity contribution in [3.63, 3.8) is 0 Å². The van der Waals surface area contributed by atoms with E-state index >= 15 is 0 Å². The Balaban J connectivity index is 1.58. The molecular weight excluding hydrogens is 473 g/mol. The lowest BCUT2D eigenvalue weighted by Gasteiger charge is -2.09. The zero-order valence-electron chi connectivity index (χ0n) is 16.2. The predicted octanol–water partition coefficient (Wildman–Crippen LogP) is 5.72. The first-order valence-corrected chi connectivity index (χ1v) is 10.5. The molecule has 0 saturated heterocycles. The minimum Gasteiger partial charge on any atom is -0.330 e. The Morgan fingerprint density at radius 1 is 1.06 bits per heavy atom. The fourth-order valence-electron chi connectivity index (χ4n) is 3.40. The van der Waals surface area contributed by atoms with Crippen LogP contribution in [-0.2, 0) is 6.54 Å². The van der Waals surface area contributed by atoms with Crippen LogP contribution < -0.4 is 0 Å². The Labute approximate surface area is 196 Å². The van der Waals surface area contributed by atoms with Crippen molar-refractivity contribution in [1.82, 2.24) is 24.7 Å². The molecule has 7 nitrogen and oxygen atoms in total. The molecule has 0 atom stereocenters. The van der Waals surface area contributed by atoms with E-state index in [-0.39, 0.29) is 22.4 Å². The largest absolute Gasteiger partial charge is 0.330 e. The van der Waals surface area contributed by atoms with Gasteiger partial charge in [-0.2, -0.15) is 4.98 Å². The lowest BCUT2D eigenvalue weighted by molar-refractivity contribution is 0.0995. The zero-order chi connectivity index (χ0) is 22.2. The van der Waals surface area contributed by atoms with Gasteiger partial charge in [-0.15, -0.1) is 0 Å². The third kappa shape index (κ3) is 3.64. The normalized spacial score (nSPS) is 11.2. The number of rotatable bonds is 5. The summed E-state index contributed by atoms with van der Waals surface area (Å²) in [7, 11) is 0. The number of aromatic nitrogens is 5. The van der Waals surface area contributed by atoms with Crippen LogP contribution in [0.2, 0.25) is 15.2 Å². The monoisotopic (exact) mass is 483 g/mol. The maximum Gasteiger partial charge on any atom is 0.299 e. The van der Waals surface area contributed by atoms with Gasteiger partial charge in [-0.3, -0.25) is 9.78 Å². The number of ketones is 1. The van der Waals surface area contributed by atoms with Crippen LogP contribution >= 0.6 is 34.8 Å². The smallest absolute Gasteiger partial charge is 0.299 e. The van der Waals surface area contributed by atoms with Gasteiger partial charge in [0, 0.05) is 27.8 Å². The van der Waals surface area contributed by atoms with Crippen LogP contribution in [0.3, 0.4) is 0 Å². The quantitative estimate of drug-likeness (QED) is 0.296. The van der Waals surface area contributed by atoms with E-state index in [1.54, 1.807) is 16.7 Å². The van der Waals surface area contributed by atoms with Crippen LogP contribution in [0.15, 0.2) is 65.6 Å². The highest BCUT2D eigenvalue weighted by Gasteiger charge is 2.27. The van der Waals surface area contributed by atoms with E-state index in [0.29, 0.717) is 27.7 Å². The lowest BCUT2D eigenvalue weighted by Crippen LogP contribution is -2.04. The molecule has 2 aromatic carbocycles. The highest BCUT2D eigenvalue weighted by Crippen LogP contribution is 2.34. The first-order chi connectivity index (χ1) is 15.5. The van der Waals surface area contributed by atoms with Crippen molar-refractivity contribution in [3.8, 4) is 11.5 Å². The van der Waals surface area contributed by atoms with E-state index in [2.05, 4.69) is 20.1 Å². The SMILES string of the molecule is O=C(c1nc(-c2cnccn2)no1)c1c(Cl)n(Cc2ccc(Cl)cc2Cl)c2ccccc12. The maximum atomic E-state index is 13.3. The van der Waals surface area contributed by atoms with Crippen molar-refractivity contribution in [2.45, 2.75) is 6.54 Å². The average molecular weight is 485 g/mol. The molecule has 0 bridgehead atoms. The fourth-order valence-corrected chi connectivity index (χ4v) is 4.21. The highest BCUT2D eigenvalue weighted by atomic mass is 35.5. The second-order valence-corrected chi connectivity index (χ2v) is 8.05. The van der Waals surface area contributed by atoms with E-state index in [4.69, 9.17) is 39.3 Å². The molecule has 0 amide bonds. The van der Waals surface area contributed by atoms with Gasteiger partial charge in [0.25, 0.3) is 11.7 Å². The fraction of sp³-hybridized carbons (Fsp3) is 0.0455. The minimum atomic E-state index is -0.491. The molecule has 5 rings (SSSR count). The molecule has 0 aliphatic rings. The molecule has 0 aliphatic heterocycles. The van der Waals surface area contributed by atoms with Crippen molar-refractivity contribution in [1.29, 1.82) is 0 Å². The molecule has 3 aromatic heterocycles. The van der Waals surface area contributed by atoms with Gasteiger partial charge in [0.1, 0.15) is 10.8 Å². The zero-order valence-corrected chi connectivity index (χ0v) is 18.4. The molecule has 3 heterocycles. The second kappa shape index (κ2) is 8.35. The maximum absolute atomic E-state index is 13.3. The molecular formula is C22H12Cl3N5O2. The Kier molecular flexibility index (Phi) is 5.38. The third-order valence-corrected chi connectivity index (χ3v) is 5.87. The number of fused-ring (bicyclic) bond motifs is 1. The van der Waals surface area contributed by atoms with Gasteiger partial charge in [-0.25, -0.2) is 4.98 Å². The standard InChI is InChI=1S/C22H12Cl3N5O2/c23-13-6-5-12(15(24)9-13)11-30-17-4-2-1-3-14(17)18(20(30)25)19(31)22-28-21(29-32-22)16-10-26-7-8-27-16/h1-10H,11H2. The first-order valence-electron chi connectivity index (χ1n) is 9.38. The third-order valence-electron chi connectivity index (χ3n) is 4.89. The molecule has 0 spiro atoms. The van der Waals surface area contributed by atoms with Gasteiger partial charge in [-0.05, 0) is 23.8 Å². The van der Waals surface area contributed by atoms with Crippen LogP contribution in [-0.4, -0.2) is 30.5 Å². The van der Waals surface area contributed by atoms with Crippen LogP contribution in [0.4, 0.5) is 0 Å². The minimum absolute atomic E-state index is 0.161. The number of para-hydroxylation sites is 1. The van der Waals surface area contributed by atoms with Crippen molar-refractivity contribution in [2.75, 3.05) is 0 Å².